The van der Waals surface area contributed by atoms with Crippen LogP contribution in [0.5, 0.6) is 0 Å². The maximum atomic E-state index is 13.4. The van der Waals surface area contributed by atoms with Crippen LogP contribution in [0, 0.1) is 11.8 Å². The molecule has 1 aromatic carbocycles. The van der Waals surface area contributed by atoms with E-state index in [0.29, 0.717) is 31.2 Å². The Kier molecular flexibility index (Phi) is 7.11. The van der Waals surface area contributed by atoms with Crippen molar-refractivity contribution in [3.05, 3.63) is 35.4 Å². The highest BCUT2D eigenvalue weighted by Gasteiger charge is 2.37. The Balaban J connectivity index is 1.71. The summed E-state index contributed by atoms with van der Waals surface area (Å²) in [6, 6.07) is 7.87. The lowest BCUT2D eigenvalue weighted by Crippen LogP contribution is -2.55. The molecule has 1 fully saturated rings. The molecule has 1 aromatic rings. The highest BCUT2D eigenvalue weighted by molar-refractivity contribution is 5.88. The van der Waals surface area contributed by atoms with Gasteiger partial charge in [0.15, 0.2) is 0 Å². The van der Waals surface area contributed by atoms with Crippen LogP contribution in [0.2, 0.25) is 0 Å². The predicted molar refractivity (Wildman–Crippen MR) is 112 cm³/mol. The van der Waals surface area contributed by atoms with Crippen molar-refractivity contribution in [2.24, 2.45) is 11.8 Å². The van der Waals surface area contributed by atoms with Crippen LogP contribution in [0.1, 0.15) is 51.2 Å². The zero-order valence-electron chi connectivity index (χ0n) is 17.6. The van der Waals surface area contributed by atoms with E-state index >= 15 is 0 Å². The molecule has 154 valence electrons. The van der Waals surface area contributed by atoms with Gasteiger partial charge in [-0.3, -0.25) is 9.59 Å². The first-order chi connectivity index (χ1) is 13.5. The quantitative estimate of drug-likeness (QED) is 0.819. The van der Waals surface area contributed by atoms with E-state index in [1.54, 1.807) is 0 Å². The standard InChI is InChI=1S/C23H35N3O2/c1-4-24-15-18-9-11-25(12-10-18)23(28)21-14-19-7-5-6-8-20(19)16-26(21)22(27)13-17(2)3/h5-8,17-18,21,24H,4,9-16H2,1-3H3. The van der Waals surface area contributed by atoms with E-state index < -0.39 is 0 Å². The van der Waals surface area contributed by atoms with Gasteiger partial charge in [-0.15, -0.1) is 0 Å². The van der Waals surface area contributed by atoms with Crippen LogP contribution in [0.4, 0.5) is 0 Å². The molecule has 0 saturated carbocycles. The molecule has 2 aliphatic rings. The molecule has 0 radical (unpaired) electrons. The Morgan fingerprint density at radius 1 is 1.14 bits per heavy atom. The molecule has 5 heteroatoms. The Hall–Kier alpha value is -1.88. The number of nitrogens with zero attached hydrogens (tertiary/aromatic N) is 2. The van der Waals surface area contributed by atoms with Gasteiger partial charge in [0.25, 0.3) is 0 Å². The minimum Gasteiger partial charge on any atom is -0.341 e. The lowest BCUT2D eigenvalue weighted by atomic mass is 9.91. The third-order valence-corrected chi connectivity index (χ3v) is 6.05. The van der Waals surface area contributed by atoms with E-state index in [9.17, 15) is 9.59 Å². The Morgan fingerprint density at radius 3 is 2.46 bits per heavy atom. The average Bonchev–Trinajstić information content (AvgIpc) is 2.70. The Morgan fingerprint density at radius 2 is 1.82 bits per heavy atom. The van der Waals surface area contributed by atoms with E-state index in [-0.39, 0.29) is 17.9 Å². The molecule has 28 heavy (non-hydrogen) atoms. The van der Waals surface area contributed by atoms with Crippen LogP contribution in [0.15, 0.2) is 24.3 Å². The molecule has 0 spiro atoms. The lowest BCUT2D eigenvalue weighted by molar-refractivity contribution is -0.148. The number of benzene rings is 1. The van der Waals surface area contributed by atoms with Crippen LogP contribution in [-0.2, 0) is 22.6 Å². The summed E-state index contributed by atoms with van der Waals surface area (Å²) in [5.41, 5.74) is 2.38. The van der Waals surface area contributed by atoms with Gasteiger partial charge >= 0.3 is 0 Å². The fraction of sp³-hybridized carbons (Fsp3) is 0.652. The van der Waals surface area contributed by atoms with Crippen molar-refractivity contribution >= 4 is 11.8 Å². The lowest BCUT2D eigenvalue weighted by Gasteiger charge is -2.41. The fourth-order valence-electron chi connectivity index (χ4n) is 4.39. The summed E-state index contributed by atoms with van der Waals surface area (Å²) in [6.07, 6.45) is 3.22. The number of hydrogen-bond acceptors (Lipinski definition) is 3. The van der Waals surface area contributed by atoms with E-state index in [4.69, 9.17) is 0 Å². The third-order valence-electron chi connectivity index (χ3n) is 6.05. The molecular formula is C23H35N3O2. The molecule has 2 heterocycles. The molecule has 1 N–H and O–H groups in total. The van der Waals surface area contributed by atoms with Gasteiger partial charge in [0.05, 0.1) is 0 Å². The molecule has 0 aliphatic carbocycles. The number of likely N-dealkylation sites (tertiary alicyclic amines) is 1. The second-order valence-electron chi connectivity index (χ2n) is 8.68. The SMILES string of the molecule is CCNCC1CCN(C(=O)C2Cc3ccccc3CN2C(=O)CC(C)C)CC1. The molecule has 1 atom stereocenters. The molecule has 1 unspecified atom stereocenters. The average molecular weight is 386 g/mol. The summed E-state index contributed by atoms with van der Waals surface area (Å²) in [7, 11) is 0. The number of carbonyl (C=O) groups is 2. The number of piperidine rings is 1. The number of fused-ring (bicyclic) bond motifs is 1. The highest BCUT2D eigenvalue weighted by Crippen LogP contribution is 2.27. The molecule has 0 bridgehead atoms. The fourth-order valence-corrected chi connectivity index (χ4v) is 4.39. The summed E-state index contributed by atoms with van der Waals surface area (Å²) in [5, 5.41) is 3.42. The molecule has 0 aromatic heterocycles. The van der Waals surface area contributed by atoms with Crippen LogP contribution in [0.25, 0.3) is 0 Å². The summed E-state index contributed by atoms with van der Waals surface area (Å²) in [6.45, 7) is 10.4. The molecule has 5 nitrogen and oxygen atoms in total. The monoisotopic (exact) mass is 385 g/mol. The zero-order chi connectivity index (χ0) is 20.1. The highest BCUT2D eigenvalue weighted by atomic mass is 16.2. The van der Waals surface area contributed by atoms with E-state index in [1.807, 2.05) is 21.9 Å². The predicted octanol–water partition coefficient (Wildman–Crippen LogP) is 2.83. The number of rotatable bonds is 6. The van der Waals surface area contributed by atoms with Gasteiger partial charge in [0.1, 0.15) is 6.04 Å². The van der Waals surface area contributed by atoms with Crippen molar-refractivity contribution in [1.82, 2.24) is 15.1 Å². The third kappa shape index (κ3) is 4.93. The molecule has 3 rings (SSSR count). The van der Waals surface area contributed by atoms with Crippen molar-refractivity contribution in [3.63, 3.8) is 0 Å². The second-order valence-corrected chi connectivity index (χ2v) is 8.68. The normalized spacial score (nSPS) is 20.4. The Labute approximate surface area is 169 Å². The van der Waals surface area contributed by atoms with Crippen molar-refractivity contribution < 1.29 is 9.59 Å². The smallest absolute Gasteiger partial charge is 0.245 e. The van der Waals surface area contributed by atoms with Crippen LogP contribution >= 0.6 is 0 Å². The topological polar surface area (TPSA) is 52.7 Å². The van der Waals surface area contributed by atoms with Crippen molar-refractivity contribution in [2.75, 3.05) is 26.2 Å². The molecule has 2 amide bonds. The molecular weight excluding hydrogens is 350 g/mol. The summed E-state index contributed by atoms with van der Waals surface area (Å²) >= 11 is 0. The van der Waals surface area contributed by atoms with Gasteiger partial charge < -0.3 is 15.1 Å². The maximum absolute atomic E-state index is 13.4. The van der Waals surface area contributed by atoms with Gasteiger partial charge in [-0.05, 0) is 48.9 Å². The number of nitrogens with one attached hydrogen (secondary N) is 1. The van der Waals surface area contributed by atoms with Crippen LogP contribution < -0.4 is 5.32 Å². The van der Waals surface area contributed by atoms with Crippen molar-refractivity contribution in [3.8, 4) is 0 Å². The van der Waals surface area contributed by atoms with E-state index in [2.05, 4.69) is 38.2 Å². The largest absolute Gasteiger partial charge is 0.341 e. The molecule has 1 saturated heterocycles. The minimum atomic E-state index is -0.355. The first-order valence-corrected chi connectivity index (χ1v) is 10.8. The first kappa shape index (κ1) is 20.8. The zero-order valence-corrected chi connectivity index (χ0v) is 17.6. The first-order valence-electron chi connectivity index (χ1n) is 10.8. The number of hydrogen-bond donors (Lipinski definition) is 1. The van der Waals surface area contributed by atoms with Crippen LogP contribution in [-0.4, -0.2) is 53.8 Å². The summed E-state index contributed by atoms with van der Waals surface area (Å²) in [4.78, 5) is 30.2. The molecule has 2 aliphatic heterocycles. The van der Waals surface area contributed by atoms with Gasteiger partial charge in [0, 0.05) is 32.5 Å². The van der Waals surface area contributed by atoms with Crippen LogP contribution in [0.3, 0.4) is 0 Å². The second kappa shape index (κ2) is 9.55. The van der Waals surface area contributed by atoms with E-state index in [1.165, 1.54) is 11.1 Å². The summed E-state index contributed by atoms with van der Waals surface area (Å²) in [5.74, 6) is 1.18. The van der Waals surface area contributed by atoms with E-state index in [0.717, 1.165) is 39.0 Å². The van der Waals surface area contributed by atoms with Gasteiger partial charge in [-0.1, -0.05) is 45.0 Å². The summed E-state index contributed by atoms with van der Waals surface area (Å²) < 4.78 is 0. The van der Waals surface area contributed by atoms with Gasteiger partial charge in [0.2, 0.25) is 11.8 Å². The van der Waals surface area contributed by atoms with Crippen molar-refractivity contribution in [2.45, 2.75) is 59.0 Å². The number of carbonyl (C=O) groups excluding carboxylic acids is 2. The van der Waals surface area contributed by atoms with Gasteiger partial charge in [-0.2, -0.15) is 0 Å². The van der Waals surface area contributed by atoms with Gasteiger partial charge in [-0.25, -0.2) is 0 Å². The maximum Gasteiger partial charge on any atom is 0.245 e. The van der Waals surface area contributed by atoms with Crippen molar-refractivity contribution in [1.29, 1.82) is 0 Å². The number of amides is 2. The Bertz CT molecular complexity index is 680. The minimum absolute atomic E-state index is 0.102.